The van der Waals surface area contributed by atoms with Crippen LogP contribution in [0.2, 0.25) is 0 Å². The molecule has 1 aliphatic rings. The number of halogens is 1. The van der Waals surface area contributed by atoms with Crippen LogP contribution in [-0.2, 0) is 21.2 Å². The van der Waals surface area contributed by atoms with Gasteiger partial charge in [0.2, 0.25) is 10.0 Å². The number of benzene rings is 1. The molecule has 0 spiro atoms. The summed E-state index contributed by atoms with van der Waals surface area (Å²) in [6.07, 6.45) is 1.66. The van der Waals surface area contributed by atoms with Crippen molar-refractivity contribution >= 4 is 15.7 Å². The Kier molecular flexibility index (Phi) is 5.05. The summed E-state index contributed by atoms with van der Waals surface area (Å²) in [5.74, 6) is -0.224. The van der Waals surface area contributed by atoms with Crippen LogP contribution >= 0.6 is 0 Å². The Morgan fingerprint density at radius 1 is 1.48 bits per heavy atom. The number of ether oxygens (including phenoxy) is 2. The Morgan fingerprint density at radius 3 is 2.90 bits per heavy atom. The molecule has 1 unspecified atom stereocenters. The predicted octanol–water partition coefficient (Wildman–Crippen LogP) is 2.32. The summed E-state index contributed by atoms with van der Waals surface area (Å²) < 4.78 is 50.9. The van der Waals surface area contributed by atoms with E-state index in [1.807, 2.05) is 6.92 Å². The van der Waals surface area contributed by atoms with Gasteiger partial charge in [0.15, 0.2) is 0 Å². The fourth-order valence-electron chi connectivity index (χ4n) is 2.33. The third-order valence-electron chi connectivity index (χ3n) is 3.43. The van der Waals surface area contributed by atoms with E-state index in [1.54, 1.807) is 0 Å². The van der Waals surface area contributed by atoms with E-state index in [0.717, 1.165) is 12.5 Å². The highest BCUT2D eigenvalue weighted by Gasteiger charge is 2.22. The molecule has 118 valence electrons. The summed E-state index contributed by atoms with van der Waals surface area (Å²) in [6, 6.07) is 2.53. The van der Waals surface area contributed by atoms with Gasteiger partial charge < -0.3 is 9.47 Å². The Balaban J connectivity index is 2.24. The molecule has 0 amide bonds. The lowest BCUT2D eigenvalue weighted by Crippen LogP contribution is -2.27. The molecule has 0 radical (unpaired) electrons. The zero-order valence-electron chi connectivity index (χ0n) is 12.2. The number of anilines is 1. The van der Waals surface area contributed by atoms with Gasteiger partial charge in [0.25, 0.3) is 0 Å². The van der Waals surface area contributed by atoms with E-state index in [1.165, 1.54) is 13.2 Å². The van der Waals surface area contributed by atoms with Gasteiger partial charge in [-0.15, -0.1) is 0 Å². The molecule has 5 nitrogen and oxygen atoms in total. The Labute approximate surface area is 124 Å². The van der Waals surface area contributed by atoms with Crippen molar-refractivity contribution in [2.75, 3.05) is 24.2 Å². The molecule has 1 aromatic rings. The summed E-state index contributed by atoms with van der Waals surface area (Å²) in [5.41, 5.74) is 0.855. The molecule has 0 saturated carbocycles. The summed E-state index contributed by atoms with van der Waals surface area (Å²) >= 11 is 0. The number of hydrogen-bond acceptors (Lipinski definition) is 4. The van der Waals surface area contributed by atoms with Crippen molar-refractivity contribution in [3.63, 3.8) is 0 Å². The van der Waals surface area contributed by atoms with Gasteiger partial charge in [-0.25, -0.2) is 12.8 Å². The standard InChI is InChI=1S/C14H20FNO4S/c1-3-12(19-2)9-21(17,18)16-13-8-11(15)7-10-5-4-6-20-14(10)13/h7-8,12,16H,3-6,9H2,1-2H3. The minimum absolute atomic E-state index is 0.163. The van der Waals surface area contributed by atoms with Crippen molar-refractivity contribution in [3.8, 4) is 5.75 Å². The van der Waals surface area contributed by atoms with E-state index in [-0.39, 0.29) is 11.4 Å². The average molecular weight is 317 g/mol. The minimum Gasteiger partial charge on any atom is -0.491 e. The van der Waals surface area contributed by atoms with Crippen LogP contribution in [0.5, 0.6) is 5.75 Å². The monoisotopic (exact) mass is 317 g/mol. The van der Waals surface area contributed by atoms with Crippen molar-refractivity contribution in [2.45, 2.75) is 32.3 Å². The first-order chi connectivity index (χ1) is 9.95. The van der Waals surface area contributed by atoms with E-state index >= 15 is 0 Å². The summed E-state index contributed by atoms with van der Waals surface area (Å²) in [4.78, 5) is 0. The molecule has 2 rings (SSSR count). The molecule has 21 heavy (non-hydrogen) atoms. The number of rotatable bonds is 6. The largest absolute Gasteiger partial charge is 0.491 e. The Morgan fingerprint density at radius 2 is 2.24 bits per heavy atom. The van der Waals surface area contributed by atoms with Crippen LogP contribution in [0.15, 0.2) is 12.1 Å². The van der Waals surface area contributed by atoms with Gasteiger partial charge in [0.05, 0.1) is 24.2 Å². The molecule has 1 heterocycles. The fourth-order valence-corrected chi connectivity index (χ4v) is 3.76. The molecular weight excluding hydrogens is 297 g/mol. The number of fused-ring (bicyclic) bond motifs is 1. The maximum absolute atomic E-state index is 13.6. The molecule has 0 fully saturated rings. The molecule has 0 aliphatic carbocycles. The maximum atomic E-state index is 13.6. The molecule has 1 aromatic carbocycles. The van der Waals surface area contributed by atoms with E-state index in [9.17, 15) is 12.8 Å². The fraction of sp³-hybridized carbons (Fsp3) is 0.571. The SMILES string of the molecule is CCC(CS(=O)(=O)Nc1cc(F)cc2c1OCCC2)OC. The number of nitrogens with one attached hydrogen (secondary N) is 1. The highest BCUT2D eigenvalue weighted by Crippen LogP contribution is 2.34. The molecule has 7 heteroatoms. The molecule has 0 bridgehead atoms. The predicted molar refractivity (Wildman–Crippen MR) is 78.7 cm³/mol. The van der Waals surface area contributed by atoms with Crippen molar-refractivity contribution in [1.82, 2.24) is 0 Å². The van der Waals surface area contributed by atoms with E-state index < -0.39 is 21.9 Å². The van der Waals surface area contributed by atoms with E-state index in [2.05, 4.69) is 4.72 Å². The maximum Gasteiger partial charge on any atom is 0.235 e. The zero-order valence-corrected chi connectivity index (χ0v) is 13.0. The first-order valence-corrected chi connectivity index (χ1v) is 8.59. The summed E-state index contributed by atoms with van der Waals surface area (Å²) in [6.45, 7) is 2.35. The lowest BCUT2D eigenvalue weighted by atomic mass is 10.1. The number of methoxy groups -OCH3 is 1. The second kappa shape index (κ2) is 6.62. The van der Waals surface area contributed by atoms with Crippen molar-refractivity contribution in [2.24, 2.45) is 0 Å². The van der Waals surface area contributed by atoms with Crippen LogP contribution in [0.3, 0.4) is 0 Å². The molecule has 0 aromatic heterocycles. The normalized spacial score (nSPS) is 16.0. The van der Waals surface area contributed by atoms with Gasteiger partial charge >= 0.3 is 0 Å². The van der Waals surface area contributed by atoms with Crippen molar-refractivity contribution in [1.29, 1.82) is 0 Å². The van der Waals surface area contributed by atoms with Crippen LogP contribution in [0, 0.1) is 5.82 Å². The van der Waals surface area contributed by atoms with Gasteiger partial charge in [-0.2, -0.15) is 0 Å². The van der Waals surface area contributed by atoms with Gasteiger partial charge in [-0.3, -0.25) is 4.72 Å². The van der Waals surface area contributed by atoms with Gasteiger partial charge in [-0.1, -0.05) is 6.92 Å². The zero-order chi connectivity index (χ0) is 15.5. The quantitative estimate of drug-likeness (QED) is 0.874. The van der Waals surface area contributed by atoms with E-state index in [0.29, 0.717) is 30.8 Å². The second-order valence-corrected chi connectivity index (χ2v) is 6.81. The first kappa shape index (κ1) is 16.0. The minimum atomic E-state index is -3.63. The summed E-state index contributed by atoms with van der Waals surface area (Å²) in [7, 11) is -2.16. The topological polar surface area (TPSA) is 64.6 Å². The van der Waals surface area contributed by atoms with Crippen molar-refractivity contribution < 1.29 is 22.3 Å². The van der Waals surface area contributed by atoms with E-state index in [4.69, 9.17) is 9.47 Å². The summed E-state index contributed by atoms with van der Waals surface area (Å²) in [5, 5.41) is 0. The molecular formula is C14H20FNO4S. The van der Waals surface area contributed by atoms with Crippen LogP contribution in [-0.4, -0.2) is 34.0 Å². The first-order valence-electron chi connectivity index (χ1n) is 6.93. The molecule has 0 saturated heterocycles. The highest BCUT2D eigenvalue weighted by molar-refractivity contribution is 7.92. The van der Waals surface area contributed by atoms with Crippen molar-refractivity contribution in [3.05, 3.63) is 23.5 Å². The Hall–Kier alpha value is -1.34. The van der Waals surface area contributed by atoms with Crippen LogP contribution in [0.4, 0.5) is 10.1 Å². The van der Waals surface area contributed by atoms with Crippen LogP contribution < -0.4 is 9.46 Å². The van der Waals surface area contributed by atoms with Gasteiger partial charge in [0, 0.05) is 13.2 Å². The molecule has 1 aliphatic heterocycles. The lowest BCUT2D eigenvalue weighted by Gasteiger charge is -2.22. The number of hydrogen-bond donors (Lipinski definition) is 1. The number of sulfonamides is 1. The number of aryl methyl sites for hydroxylation is 1. The van der Waals surface area contributed by atoms with Crippen LogP contribution in [0.1, 0.15) is 25.3 Å². The Bertz CT molecular complexity index is 599. The van der Waals surface area contributed by atoms with Crippen LogP contribution in [0.25, 0.3) is 0 Å². The highest BCUT2D eigenvalue weighted by atomic mass is 32.2. The third-order valence-corrected chi connectivity index (χ3v) is 4.77. The smallest absolute Gasteiger partial charge is 0.235 e. The van der Waals surface area contributed by atoms with Gasteiger partial charge in [-0.05, 0) is 30.9 Å². The second-order valence-electron chi connectivity index (χ2n) is 5.04. The average Bonchev–Trinajstić information content (AvgIpc) is 2.44. The molecule has 1 N–H and O–H groups in total. The lowest BCUT2D eigenvalue weighted by molar-refractivity contribution is 0.117. The third kappa shape index (κ3) is 4.07. The van der Waals surface area contributed by atoms with Gasteiger partial charge in [0.1, 0.15) is 11.6 Å². The molecule has 1 atom stereocenters.